The first-order chi connectivity index (χ1) is 16.7. The third-order valence-electron chi connectivity index (χ3n) is 6.13. The molecule has 172 valence electrons. The number of amides is 1. The average Bonchev–Trinajstić information content (AvgIpc) is 2.91. The van der Waals surface area contributed by atoms with Crippen LogP contribution in [0.3, 0.4) is 0 Å². The summed E-state index contributed by atoms with van der Waals surface area (Å²) in [5, 5.41) is 2.46. The van der Waals surface area contributed by atoms with Crippen molar-refractivity contribution in [1.29, 1.82) is 0 Å². The molecule has 0 bridgehead atoms. The lowest BCUT2D eigenvalue weighted by molar-refractivity contribution is 0.0746. The highest BCUT2D eigenvalue weighted by Gasteiger charge is 2.23. The summed E-state index contributed by atoms with van der Waals surface area (Å²) in [4.78, 5) is 18.4. The fourth-order valence-electron chi connectivity index (χ4n) is 4.25. The molecule has 1 N–H and O–H groups in total. The van der Waals surface area contributed by atoms with E-state index < -0.39 is 0 Å². The maximum absolute atomic E-state index is 13.0. The molecule has 6 heteroatoms. The van der Waals surface area contributed by atoms with E-state index in [1.807, 2.05) is 47.4 Å². The zero-order valence-corrected chi connectivity index (χ0v) is 19.9. The lowest BCUT2D eigenvalue weighted by Gasteiger charge is -2.36. The van der Waals surface area contributed by atoms with E-state index in [0.29, 0.717) is 18.7 Å². The van der Waals surface area contributed by atoms with Crippen LogP contribution >= 0.6 is 11.9 Å². The number of carbonyl (C=O) groups excluding carboxylic acids is 1. The number of carbonyl (C=O) groups is 1. The zero-order valence-electron chi connectivity index (χ0n) is 19.1. The van der Waals surface area contributed by atoms with E-state index in [-0.39, 0.29) is 5.91 Å². The molecule has 1 heterocycles. The van der Waals surface area contributed by atoms with Gasteiger partial charge in [-0.15, -0.1) is 0 Å². The fraction of sp³-hybridized carbons (Fsp3) is 0.179. The van der Waals surface area contributed by atoms with E-state index in [2.05, 4.69) is 58.2 Å². The van der Waals surface area contributed by atoms with E-state index in [1.54, 1.807) is 19.1 Å². The van der Waals surface area contributed by atoms with Gasteiger partial charge in [-0.2, -0.15) is 0 Å². The van der Waals surface area contributed by atoms with Gasteiger partial charge in [0.1, 0.15) is 5.75 Å². The Morgan fingerprint density at radius 3 is 2.29 bits per heavy atom. The van der Waals surface area contributed by atoms with Gasteiger partial charge in [0, 0.05) is 42.3 Å². The van der Waals surface area contributed by atoms with Crippen LogP contribution in [0.4, 0.5) is 11.4 Å². The van der Waals surface area contributed by atoms with Crippen molar-refractivity contribution in [3.63, 3.8) is 0 Å². The molecule has 0 atom stereocenters. The minimum Gasteiger partial charge on any atom is -0.495 e. The Balaban J connectivity index is 1.17. The monoisotopic (exact) mass is 469 g/mol. The van der Waals surface area contributed by atoms with Crippen LogP contribution in [0.2, 0.25) is 0 Å². The second-order valence-corrected chi connectivity index (χ2v) is 9.12. The molecule has 4 aromatic rings. The van der Waals surface area contributed by atoms with E-state index in [0.717, 1.165) is 35.1 Å². The van der Waals surface area contributed by atoms with Crippen molar-refractivity contribution < 1.29 is 9.53 Å². The van der Waals surface area contributed by atoms with Crippen molar-refractivity contribution in [1.82, 2.24) is 4.90 Å². The number of anilines is 2. The van der Waals surface area contributed by atoms with Gasteiger partial charge in [0.05, 0.1) is 12.8 Å². The van der Waals surface area contributed by atoms with Crippen molar-refractivity contribution in [3.05, 3.63) is 96.6 Å². The Hall–Kier alpha value is -3.64. The third kappa shape index (κ3) is 4.82. The normalized spacial score (nSPS) is 13.7. The van der Waals surface area contributed by atoms with Crippen LogP contribution in [0.15, 0.2) is 95.9 Å². The molecule has 1 aliphatic rings. The van der Waals surface area contributed by atoms with E-state index >= 15 is 0 Å². The first-order valence-electron chi connectivity index (χ1n) is 11.4. The Kier molecular flexibility index (Phi) is 6.58. The van der Waals surface area contributed by atoms with Crippen molar-refractivity contribution in [2.75, 3.05) is 42.9 Å². The molecular formula is C28H27N3O2S. The van der Waals surface area contributed by atoms with Crippen LogP contribution in [0.25, 0.3) is 10.8 Å². The molecule has 34 heavy (non-hydrogen) atoms. The number of hydrogen-bond donors (Lipinski definition) is 1. The zero-order chi connectivity index (χ0) is 23.3. The smallest absolute Gasteiger partial charge is 0.253 e. The number of hydrogen-bond acceptors (Lipinski definition) is 5. The van der Waals surface area contributed by atoms with E-state index in [9.17, 15) is 4.79 Å². The highest BCUT2D eigenvalue weighted by atomic mass is 32.2. The molecule has 5 nitrogen and oxygen atoms in total. The first kappa shape index (κ1) is 22.2. The summed E-state index contributed by atoms with van der Waals surface area (Å²) in [7, 11) is 1.69. The first-order valence-corrected chi connectivity index (χ1v) is 12.2. The average molecular weight is 470 g/mol. The molecule has 5 rings (SSSR count). The van der Waals surface area contributed by atoms with Gasteiger partial charge in [-0.25, -0.2) is 0 Å². The molecule has 0 radical (unpaired) electrons. The molecule has 0 saturated carbocycles. The maximum atomic E-state index is 13.0. The summed E-state index contributed by atoms with van der Waals surface area (Å²) in [6, 6.07) is 30.5. The lowest BCUT2D eigenvalue weighted by atomic mass is 10.1. The van der Waals surface area contributed by atoms with Crippen LogP contribution in [-0.4, -0.2) is 44.1 Å². The summed E-state index contributed by atoms with van der Waals surface area (Å²) in [5.41, 5.74) is 2.76. The molecular weight excluding hydrogens is 442 g/mol. The highest BCUT2D eigenvalue weighted by Crippen LogP contribution is 2.29. The van der Waals surface area contributed by atoms with Crippen LogP contribution < -0.4 is 14.4 Å². The Morgan fingerprint density at radius 2 is 1.53 bits per heavy atom. The van der Waals surface area contributed by atoms with Crippen LogP contribution in [0.1, 0.15) is 10.4 Å². The molecule has 1 aliphatic heterocycles. The van der Waals surface area contributed by atoms with Crippen molar-refractivity contribution in [2.24, 2.45) is 0 Å². The molecule has 0 spiro atoms. The van der Waals surface area contributed by atoms with Crippen molar-refractivity contribution in [3.8, 4) is 5.75 Å². The molecule has 0 unspecified atom stereocenters. The fourth-order valence-corrected chi connectivity index (χ4v) is 4.95. The van der Waals surface area contributed by atoms with Gasteiger partial charge in [-0.1, -0.05) is 42.5 Å². The topological polar surface area (TPSA) is 44.8 Å². The molecule has 0 aromatic heterocycles. The number of nitrogens with one attached hydrogen (secondary N) is 1. The van der Waals surface area contributed by atoms with E-state index in [1.165, 1.54) is 10.8 Å². The van der Waals surface area contributed by atoms with Gasteiger partial charge in [0.2, 0.25) is 0 Å². The number of methoxy groups -OCH3 is 1. The summed E-state index contributed by atoms with van der Waals surface area (Å²) >= 11 is 1.57. The lowest BCUT2D eigenvalue weighted by Crippen LogP contribution is -2.48. The number of benzene rings is 4. The number of rotatable bonds is 6. The summed E-state index contributed by atoms with van der Waals surface area (Å²) in [5.74, 6) is 0.945. The minimum absolute atomic E-state index is 0.0772. The molecule has 1 amide bonds. The van der Waals surface area contributed by atoms with Crippen LogP contribution in [0, 0.1) is 0 Å². The standard InChI is InChI=1S/C28H27N3O2S/c1-33-27-9-5-4-8-26(27)30-16-18-31(19-17-30)28(32)22-10-13-24(14-11-22)29-34-25-15-12-21-6-2-3-7-23(21)20-25/h2-15,20,29H,16-19H2,1H3. The van der Waals surface area contributed by atoms with Gasteiger partial charge in [-0.05, 0) is 71.3 Å². The van der Waals surface area contributed by atoms with Crippen LogP contribution in [0.5, 0.6) is 5.75 Å². The Labute approximate surface area is 204 Å². The van der Waals surface area contributed by atoms with Gasteiger partial charge in [0.15, 0.2) is 0 Å². The van der Waals surface area contributed by atoms with Gasteiger partial charge < -0.3 is 19.3 Å². The number of para-hydroxylation sites is 2. The number of fused-ring (bicyclic) bond motifs is 1. The largest absolute Gasteiger partial charge is 0.495 e. The van der Waals surface area contributed by atoms with Gasteiger partial charge in [0.25, 0.3) is 5.91 Å². The second-order valence-electron chi connectivity index (χ2n) is 8.24. The quantitative estimate of drug-likeness (QED) is 0.355. The highest BCUT2D eigenvalue weighted by molar-refractivity contribution is 8.00. The predicted octanol–water partition coefficient (Wildman–Crippen LogP) is 5.93. The van der Waals surface area contributed by atoms with Crippen molar-refractivity contribution >= 4 is 40.0 Å². The second kappa shape index (κ2) is 10.1. The van der Waals surface area contributed by atoms with E-state index in [4.69, 9.17) is 4.74 Å². The van der Waals surface area contributed by atoms with Gasteiger partial charge in [-0.3, -0.25) is 4.79 Å². The predicted molar refractivity (Wildman–Crippen MR) is 141 cm³/mol. The summed E-state index contributed by atoms with van der Waals surface area (Å²) in [6.45, 7) is 2.95. The SMILES string of the molecule is COc1ccccc1N1CCN(C(=O)c2ccc(NSc3ccc4ccccc4c3)cc2)CC1. The Morgan fingerprint density at radius 1 is 0.824 bits per heavy atom. The molecule has 4 aromatic carbocycles. The number of ether oxygens (including phenoxy) is 1. The molecule has 0 aliphatic carbocycles. The Bertz CT molecular complexity index is 1280. The third-order valence-corrected chi connectivity index (χ3v) is 6.96. The maximum Gasteiger partial charge on any atom is 0.253 e. The molecule has 1 fully saturated rings. The van der Waals surface area contributed by atoms with Crippen molar-refractivity contribution in [2.45, 2.75) is 4.90 Å². The summed E-state index contributed by atoms with van der Waals surface area (Å²) in [6.07, 6.45) is 0. The molecule has 1 saturated heterocycles. The van der Waals surface area contributed by atoms with Crippen LogP contribution in [-0.2, 0) is 0 Å². The number of nitrogens with zero attached hydrogens (tertiary/aromatic N) is 2. The van der Waals surface area contributed by atoms with Gasteiger partial charge >= 0.3 is 0 Å². The summed E-state index contributed by atoms with van der Waals surface area (Å²) < 4.78 is 8.87. The number of piperazine rings is 1. The minimum atomic E-state index is 0.0772.